The van der Waals surface area contributed by atoms with Gasteiger partial charge in [0.1, 0.15) is 5.82 Å². The third-order valence-corrected chi connectivity index (χ3v) is 10.9. The smallest absolute Gasteiger partial charge is 0.319 e. The van der Waals surface area contributed by atoms with Crippen molar-refractivity contribution in [2.75, 3.05) is 5.32 Å². The molecule has 1 aromatic heterocycles. The molecule has 2 amide bonds. The second-order valence-corrected chi connectivity index (χ2v) is 13.7. The van der Waals surface area contributed by atoms with E-state index >= 15 is 0 Å². The molecule has 6 nitrogen and oxygen atoms in total. The summed E-state index contributed by atoms with van der Waals surface area (Å²) in [5.74, 6) is 2.65. The largest absolute Gasteiger partial charge is 0.393 e. The zero-order valence-electron chi connectivity index (χ0n) is 24.4. The molecule has 4 fully saturated rings. The van der Waals surface area contributed by atoms with Crippen LogP contribution in [0.15, 0.2) is 61.1 Å². The van der Waals surface area contributed by atoms with Gasteiger partial charge in [-0.1, -0.05) is 49.9 Å². The Labute approximate surface area is 248 Å². The Hall–Kier alpha value is -3.19. The van der Waals surface area contributed by atoms with Crippen LogP contribution in [0.25, 0.3) is 11.3 Å². The number of nitrogens with zero attached hydrogens (tertiary/aromatic N) is 2. The van der Waals surface area contributed by atoms with Crippen molar-refractivity contribution in [3.05, 3.63) is 72.4 Å². The van der Waals surface area contributed by atoms with Crippen molar-refractivity contribution in [1.29, 1.82) is 0 Å². The highest BCUT2D eigenvalue weighted by Crippen LogP contribution is 2.59. The number of amides is 2. The number of halogens is 1. The molecule has 0 saturated heterocycles. The van der Waals surface area contributed by atoms with Crippen LogP contribution in [0.1, 0.15) is 88.7 Å². The van der Waals surface area contributed by atoms with Gasteiger partial charge >= 0.3 is 6.03 Å². The van der Waals surface area contributed by atoms with E-state index in [1.165, 1.54) is 61.8 Å². The Morgan fingerprint density at radius 1 is 1.02 bits per heavy atom. The predicted octanol–water partition coefficient (Wildman–Crippen LogP) is 7.70. The highest BCUT2D eigenvalue weighted by Gasteiger charge is 2.55. The first-order chi connectivity index (χ1) is 20.5. The number of anilines is 1. The number of benzene rings is 2. The van der Waals surface area contributed by atoms with Crippen molar-refractivity contribution < 1.29 is 14.3 Å². The van der Waals surface area contributed by atoms with Gasteiger partial charge in [-0.25, -0.2) is 14.2 Å². The summed E-state index contributed by atoms with van der Waals surface area (Å²) in [6.07, 6.45) is 17.1. The molecule has 4 saturated carbocycles. The van der Waals surface area contributed by atoms with Crippen LogP contribution in [-0.4, -0.2) is 32.3 Å². The van der Waals surface area contributed by atoms with Crippen LogP contribution in [-0.2, 0) is 0 Å². The molecule has 4 atom stereocenters. The maximum atomic E-state index is 13.2. The number of carbonyl (C=O) groups excluding carboxylic acids is 1. The summed E-state index contributed by atoms with van der Waals surface area (Å²) in [5.41, 5.74) is 4.25. The molecule has 4 aliphatic carbocycles. The van der Waals surface area contributed by atoms with Crippen LogP contribution in [0.3, 0.4) is 0 Å². The first kappa shape index (κ1) is 27.6. The summed E-state index contributed by atoms with van der Waals surface area (Å²) in [7, 11) is 0. The lowest BCUT2D eigenvalue weighted by Crippen LogP contribution is -2.62. The number of nitrogens with one attached hydrogen (secondary N) is 2. The molecular weight excluding hydrogens is 527 g/mol. The minimum atomic E-state index is -0.301. The number of unbranched alkanes of at least 4 members (excludes halogenated alkanes) is 3. The normalized spacial score (nSPS) is 29.2. The molecule has 2 aromatic carbocycles. The lowest BCUT2D eigenvalue weighted by Gasteiger charge is -2.60. The van der Waals surface area contributed by atoms with E-state index in [-0.39, 0.29) is 29.5 Å². The Morgan fingerprint density at radius 3 is 2.60 bits per heavy atom. The fourth-order valence-corrected chi connectivity index (χ4v) is 9.35. The number of aliphatic hydroxyl groups excluding tert-OH is 1. The molecule has 4 unspecified atom stereocenters. The number of fused-ring (bicyclic) bond motifs is 3. The quantitative estimate of drug-likeness (QED) is 0.207. The van der Waals surface area contributed by atoms with Gasteiger partial charge in [-0.15, -0.1) is 0 Å². The topological polar surface area (TPSA) is 79.2 Å². The third-order valence-electron chi connectivity index (χ3n) is 10.9. The van der Waals surface area contributed by atoms with Gasteiger partial charge in [-0.05, 0) is 105 Å². The van der Waals surface area contributed by atoms with Gasteiger partial charge in [0, 0.05) is 16.8 Å². The Morgan fingerprint density at radius 2 is 1.79 bits per heavy atom. The van der Waals surface area contributed by atoms with Crippen molar-refractivity contribution in [2.45, 2.75) is 94.7 Å². The molecule has 3 N–H and O–H groups in total. The molecular formula is C35H43FN4O2. The molecule has 7 heteroatoms. The van der Waals surface area contributed by atoms with Gasteiger partial charge in [0.2, 0.25) is 0 Å². The molecule has 222 valence electrons. The SMILES string of the molecule is O=C(Nc1ccc(F)cc1)NC12CC3CC(C1)C(CCCCCCC(O)CC1c4ccccc4-c4cncn41)C(C3)C2. The minimum absolute atomic E-state index is 0.0788. The van der Waals surface area contributed by atoms with Gasteiger partial charge in [-0.2, -0.15) is 0 Å². The van der Waals surface area contributed by atoms with E-state index in [2.05, 4.69) is 44.5 Å². The van der Waals surface area contributed by atoms with Crippen molar-refractivity contribution in [1.82, 2.24) is 14.9 Å². The Bertz CT molecular complexity index is 1390. The van der Waals surface area contributed by atoms with E-state index in [4.69, 9.17) is 0 Å². The highest BCUT2D eigenvalue weighted by atomic mass is 19.1. The van der Waals surface area contributed by atoms with Crippen molar-refractivity contribution in [2.24, 2.45) is 23.7 Å². The summed E-state index contributed by atoms with van der Waals surface area (Å²) in [6.45, 7) is 0. The monoisotopic (exact) mass is 570 g/mol. The third kappa shape index (κ3) is 5.48. The second-order valence-electron chi connectivity index (χ2n) is 13.7. The van der Waals surface area contributed by atoms with Crippen LogP contribution in [0, 0.1) is 29.5 Å². The molecule has 4 bridgehead atoms. The standard InChI is InChI=1S/C35H43FN4O2/c36-26-11-13-27(14-12-26)38-34(42)39-35-18-23-15-24(19-35)29(25(16-23)20-35)8-4-2-1-3-7-28(41)17-32-30-9-5-6-10-31(30)33-21-37-22-40(32)33/h5-6,9-14,21-25,28-29,32,41H,1-4,7-8,15-20H2,(H2,38,39,42). The van der Waals surface area contributed by atoms with Gasteiger partial charge < -0.3 is 20.3 Å². The van der Waals surface area contributed by atoms with E-state index in [0.29, 0.717) is 17.5 Å². The number of hydrogen-bond acceptors (Lipinski definition) is 3. The molecule has 2 heterocycles. The van der Waals surface area contributed by atoms with Crippen LogP contribution in [0.2, 0.25) is 0 Å². The molecule has 0 radical (unpaired) electrons. The fourth-order valence-electron chi connectivity index (χ4n) is 9.35. The summed E-state index contributed by atoms with van der Waals surface area (Å²) in [5, 5.41) is 17.2. The predicted molar refractivity (Wildman–Crippen MR) is 162 cm³/mol. The lowest BCUT2D eigenvalue weighted by atomic mass is 9.48. The molecule has 1 aliphatic heterocycles. The Kier molecular flexibility index (Phi) is 7.55. The van der Waals surface area contributed by atoms with Crippen LogP contribution >= 0.6 is 0 Å². The van der Waals surface area contributed by atoms with Gasteiger partial charge in [0.15, 0.2) is 0 Å². The van der Waals surface area contributed by atoms with Crippen molar-refractivity contribution in [3.8, 4) is 11.3 Å². The number of imidazole rings is 1. The van der Waals surface area contributed by atoms with Crippen molar-refractivity contribution >= 4 is 11.7 Å². The number of rotatable bonds is 11. The van der Waals surface area contributed by atoms with E-state index in [1.807, 2.05) is 12.5 Å². The summed E-state index contributed by atoms with van der Waals surface area (Å²) >= 11 is 0. The summed E-state index contributed by atoms with van der Waals surface area (Å²) in [4.78, 5) is 17.2. The first-order valence-electron chi connectivity index (χ1n) is 16.1. The average molecular weight is 571 g/mol. The zero-order valence-corrected chi connectivity index (χ0v) is 24.4. The molecule has 42 heavy (non-hydrogen) atoms. The highest BCUT2D eigenvalue weighted by molar-refractivity contribution is 5.89. The lowest BCUT2D eigenvalue weighted by molar-refractivity contribution is -0.0643. The fraction of sp³-hybridized carbons (Fsp3) is 0.543. The van der Waals surface area contributed by atoms with Crippen molar-refractivity contribution in [3.63, 3.8) is 0 Å². The van der Waals surface area contributed by atoms with E-state index in [9.17, 15) is 14.3 Å². The average Bonchev–Trinajstić information content (AvgIpc) is 3.55. The maximum absolute atomic E-state index is 13.2. The molecule has 5 aliphatic rings. The zero-order chi connectivity index (χ0) is 28.7. The number of aromatic nitrogens is 2. The second kappa shape index (κ2) is 11.5. The van der Waals surface area contributed by atoms with Crippen LogP contribution in [0.4, 0.5) is 14.9 Å². The van der Waals surface area contributed by atoms with E-state index in [0.717, 1.165) is 56.1 Å². The minimum Gasteiger partial charge on any atom is -0.393 e. The van der Waals surface area contributed by atoms with Crippen LogP contribution < -0.4 is 10.6 Å². The molecule has 0 spiro atoms. The summed E-state index contributed by atoms with van der Waals surface area (Å²) in [6, 6.07) is 14.5. The summed E-state index contributed by atoms with van der Waals surface area (Å²) < 4.78 is 15.4. The van der Waals surface area contributed by atoms with E-state index in [1.54, 1.807) is 12.1 Å². The van der Waals surface area contributed by atoms with Crippen LogP contribution in [0.5, 0.6) is 0 Å². The Balaban J connectivity index is 0.839. The number of aliphatic hydroxyl groups is 1. The van der Waals surface area contributed by atoms with E-state index < -0.39 is 0 Å². The molecule has 3 aromatic rings. The number of carbonyl (C=O) groups is 1. The number of hydrogen-bond donors (Lipinski definition) is 3. The van der Waals surface area contributed by atoms with Gasteiger partial charge in [0.05, 0.1) is 30.4 Å². The first-order valence-corrected chi connectivity index (χ1v) is 16.1. The molecule has 8 rings (SSSR count). The maximum Gasteiger partial charge on any atom is 0.319 e. The van der Waals surface area contributed by atoms with Gasteiger partial charge in [0.25, 0.3) is 0 Å². The van der Waals surface area contributed by atoms with Gasteiger partial charge in [-0.3, -0.25) is 0 Å². The number of urea groups is 1.